The third kappa shape index (κ3) is 3.00. The summed E-state index contributed by atoms with van der Waals surface area (Å²) >= 11 is 1.73. The first-order chi connectivity index (χ1) is 6.55. The zero-order chi connectivity index (χ0) is 10.6. The van der Waals surface area contributed by atoms with Gasteiger partial charge < -0.3 is 10.4 Å². The molecule has 0 bridgehead atoms. The third-order valence-electron chi connectivity index (χ3n) is 2.12. The Kier molecular flexibility index (Phi) is 3.96. The molecule has 1 aromatic rings. The molecule has 0 aromatic carbocycles. The predicted octanol–water partition coefficient (Wildman–Crippen LogP) is 2.84. The quantitative estimate of drug-likeness (QED) is 0.754. The molecule has 1 aromatic heterocycles. The number of anilines is 1. The van der Waals surface area contributed by atoms with Crippen molar-refractivity contribution in [3.8, 4) is 0 Å². The van der Waals surface area contributed by atoms with Crippen LogP contribution in [-0.4, -0.2) is 18.3 Å². The summed E-state index contributed by atoms with van der Waals surface area (Å²) < 4.78 is 0. The Labute approximate surface area is 90.0 Å². The Morgan fingerprint density at radius 2 is 2.07 bits per heavy atom. The zero-order valence-electron chi connectivity index (χ0n) is 9.13. The van der Waals surface area contributed by atoms with E-state index in [4.69, 9.17) is 5.11 Å². The summed E-state index contributed by atoms with van der Waals surface area (Å²) in [5, 5.41) is 16.4. The maximum Gasteiger partial charge on any atom is 0.0486 e. The summed E-state index contributed by atoms with van der Waals surface area (Å²) in [5.74, 6) is 0. The summed E-state index contributed by atoms with van der Waals surface area (Å²) in [5.41, 5.74) is 2.78. The van der Waals surface area contributed by atoms with Crippen LogP contribution in [0.1, 0.15) is 32.8 Å². The SMILES string of the molecule is CC(C)(C)c1cscc1NCCCO. The molecule has 0 amide bonds. The lowest BCUT2D eigenvalue weighted by Crippen LogP contribution is -2.13. The van der Waals surface area contributed by atoms with Crippen molar-refractivity contribution in [2.24, 2.45) is 0 Å². The molecule has 2 N–H and O–H groups in total. The Bertz CT molecular complexity index is 275. The molecule has 0 fully saturated rings. The predicted molar refractivity (Wildman–Crippen MR) is 63.2 cm³/mol. The minimum absolute atomic E-state index is 0.196. The van der Waals surface area contributed by atoms with Gasteiger partial charge in [0.25, 0.3) is 0 Å². The lowest BCUT2D eigenvalue weighted by molar-refractivity contribution is 0.292. The van der Waals surface area contributed by atoms with E-state index in [2.05, 4.69) is 36.8 Å². The van der Waals surface area contributed by atoms with Gasteiger partial charge in [0.1, 0.15) is 0 Å². The highest BCUT2D eigenvalue weighted by Gasteiger charge is 2.18. The fourth-order valence-corrected chi connectivity index (χ4v) is 2.35. The summed E-state index contributed by atoms with van der Waals surface area (Å²) in [6.45, 7) is 7.74. The first kappa shape index (κ1) is 11.5. The van der Waals surface area contributed by atoms with E-state index in [-0.39, 0.29) is 12.0 Å². The van der Waals surface area contributed by atoms with Crippen LogP contribution in [0.2, 0.25) is 0 Å². The molecular formula is C11H19NOS. The summed E-state index contributed by atoms with van der Waals surface area (Å²) in [6, 6.07) is 0. The van der Waals surface area contributed by atoms with E-state index in [0.29, 0.717) is 0 Å². The van der Waals surface area contributed by atoms with Gasteiger partial charge in [-0.15, -0.1) is 11.3 Å². The fourth-order valence-electron chi connectivity index (χ4n) is 1.32. The van der Waals surface area contributed by atoms with E-state index in [1.165, 1.54) is 11.3 Å². The third-order valence-corrected chi connectivity index (χ3v) is 2.86. The highest BCUT2D eigenvalue weighted by atomic mass is 32.1. The number of rotatable bonds is 4. The van der Waals surface area contributed by atoms with Crippen molar-refractivity contribution in [3.63, 3.8) is 0 Å². The normalized spacial score (nSPS) is 11.7. The van der Waals surface area contributed by atoms with Gasteiger partial charge in [-0.1, -0.05) is 20.8 Å². The molecule has 1 rings (SSSR count). The maximum atomic E-state index is 8.69. The van der Waals surface area contributed by atoms with Crippen LogP contribution in [0, 0.1) is 0 Å². The molecule has 2 nitrogen and oxygen atoms in total. The van der Waals surface area contributed by atoms with E-state index in [1.54, 1.807) is 11.3 Å². The minimum atomic E-state index is 0.196. The molecule has 0 radical (unpaired) electrons. The first-order valence-electron chi connectivity index (χ1n) is 4.97. The van der Waals surface area contributed by atoms with Gasteiger partial charge in [-0.25, -0.2) is 0 Å². The average molecular weight is 213 g/mol. The number of aliphatic hydroxyl groups is 1. The first-order valence-corrected chi connectivity index (χ1v) is 5.91. The Morgan fingerprint density at radius 3 is 2.64 bits per heavy atom. The van der Waals surface area contributed by atoms with Crippen molar-refractivity contribution in [3.05, 3.63) is 16.3 Å². The van der Waals surface area contributed by atoms with Gasteiger partial charge in [-0.2, -0.15) is 0 Å². The largest absolute Gasteiger partial charge is 0.396 e. The lowest BCUT2D eigenvalue weighted by Gasteiger charge is -2.20. The Balaban J connectivity index is 2.63. The van der Waals surface area contributed by atoms with Gasteiger partial charge >= 0.3 is 0 Å². The van der Waals surface area contributed by atoms with Gasteiger partial charge in [-0.05, 0) is 22.8 Å². The van der Waals surface area contributed by atoms with Crippen LogP contribution in [0.4, 0.5) is 5.69 Å². The molecule has 0 aliphatic heterocycles. The monoisotopic (exact) mass is 213 g/mol. The molecule has 80 valence electrons. The molecule has 0 saturated carbocycles. The summed E-state index contributed by atoms with van der Waals surface area (Å²) in [4.78, 5) is 0. The second kappa shape index (κ2) is 4.80. The second-order valence-electron chi connectivity index (χ2n) is 4.45. The number of nitrogens with one attached hydrogen (secondary N) is 1. The fraction of sp³-hybridized carbons (Fsp3) is 0.636. The van der Waals surface area contributed by atoms with Crippen molar-refractivity contribution in [2.45, 2.75) is 32.6 Å². The molecule has 1 heterocycles. The number of aliphatic hydroxyl groups excluding tert-OH is 1. The van der Waals surface area contributed by atoms with Crippen molar-refractivity contribution in [1.82, 2.24) is 0 Å². The smallest absolute Gasteiger partial charge is 0.0486 e. The van der Waals surface area contributed by atoms with Crippen molar-refractivity contribution < 1.29 is 5.11 Å². The number of hydrogen-bond donors (Lipinski definition) is 2. The lowest BCUT2D eigenvalue weighted by atomic mass is 9.88. The van der Waals surface area contributed by atoms with E-state index in [9.17, 15) is 0 Å². The topological polar surface area (TPSA) is 32.3 Å². The standard InChI is InChI=1S/C11H19NOS/c1-11(2,3)9-7-14-8-10(9)12-5-4-6-13/h7-8,12-13H,4-6H2,1-3H3. The second-order valence-corrected chi connectivity index (χ2v) is 5.20. The van der Waals surface area contributed by atoms with Gasteiger partial charge in [0.2, 0.25) is 0 Å². The van der Waals surface area contributed by atoms with Crippen LogP contribution >= 0.6 is 11.3 Å². The highest BCUT2D eigenvalue weighted by molar-refractivity contribution is 7.08. The molecule has 0 atom stereocenters. The van der Waals surface area contributed by atoms with E-state index < -0.39 is 0 Å². The van der Waals surface area contributed by atoms with Gasteiger partial charge in [-0.3, -0.25) is 0 Å². The average Bonchev–Trinajstić information content (AvgIpc) is 2.52. The van der Waals surface area contributed by atoms with Crippen LogP contribution in [0.15, 0.2) is 10.8 Å². The zero-order valence-corrected chi connectivity index (χ0v) is 9.95. The van der Waals surface area contributed by atoms with Crippen molar-refractivity contribution in [2.75, 3.05) is 18.5 Å². The van der Waals surface area contributed by atoms with Crippen LogP contribution in [-0.2, 0) is 5.41 Å². The molecular weight excluding hydrogens is 194 g/mol. The molecule has 0 aliphatic carbocycles. The molecule has 0 spiro atoms. The summed E-state index contributed by atoms with van der Waals surface area (Å²) in [7, 11) is 0. The summed E-state index contributed by atoms with van der Waals surface area (Å²) in [6.07, 6.45) is 0.805. The van der Waals surface area contributed by atoms with Gasteiger partial charge in [0, 0.05) is 24.2 Å². The van der Waals surface area contributed by atoms with Crippen LogP contribution < -0.4 is 5.32 Å². The molecule has 14 heavy (non-hydrogen) atoms. The number of hydrogen-bond acceptors (Lipinski definition) is 3. The van der Waals surface area contributed by atoms with E-state index in [1.807, 2.05) is 0 Å². The molecule has 3 heteroatoms. The Morgan fingerprint density at radius 1 is 1.36 bits per heavy atom. The van der Waals surface area contributed by atoms with Gasteiger partial charge in [0.05, 0.1) is 0 Å². The van der Waals surface area contributed by atoms with Crippen molar-refractivity contribution in [1.29, 1.82) is 0 Å². The Hall–Kier alpha value is -0.540. The van der Waals surface area contributed by atoms with Crippen LogP contribution in [0.3, 0.4) is 0 Å². The van der Waals surface area contributed by atoms with E-state index >= 15 is 0 Å². The molecule has 0 saturated heterocycles. The minimum Gasteiger partial charge on any atom is -0.396 e. The molecule has 0 aliphatic rings. The number of thiophene rings is 1. The van der Waals surface area contributed by atoms with Crippen molar-refractivity contribution >= 4 is 17.0 Å². The van der Waals surface area contributed by atoms with E-state index in [0.717, 1.165) is 13.0 Å². The molecule has 0 unspecified atom stereocenters. The van der Waals surface area contributed by atoms with Crippen LogP contribution in [0.5, 0.6) is 0 Å². The maximum absolute atomic E-state index is 8.69. The van der Waals surface area contributed by atoms with Gasteiger partial charge in [0.15, 0.2) is 0 Å². The highest BCUT2D eigenvalue weighted by Crippen LogP contribution is 2.32. The van der Waals surface area contributed by atoms with Crippen LogP contribution in [0.25, 0.3) is 0 Å².